The lowest BCUT2D eigenvalue weighted by atomic mass is 10.1. The Labute approximate surface area is 66.3 Å². The molecule has 0 heterocycles. The highest BCUT2D eigenvalue weighted by atomic mass is 35.5. The minimum atomic E-state index is 0.135. The number of halogens is 1. The molecule has 0 saturated carbocycles. The maximum absolute atomic E-state index is 9.81. The Kier molecular flexibility index (Phi) is 6.56. The summed E-state index contributed by atoms with van der Waals surface area (Å²) in [6.45, 7) is 2.00. The Morgan fingerprint density at radius 2 is 2.40 bits per heavy atom. The Morgan fingerprint density at radius 1 is 1.70 bits per heavy atom. The summed E-state index contributed by atoms with van der Waals surface area (Å²) in [4.78, 5) is 13.4. The van der Waals surface area contributed by atoms with E-state index >= 15 is 0 Å². The Bertz CT molecular complexity index is 121. The van der Waals surface area contributed by atoms with Crippen LogP contribution in [0.25, 0.3) is 0 Å². The molecule has 0 aliphatic carbocycles. The van der Waals surface area contributed by atoms with E-state index in [2.05, 4.69) is 4.99 Å². The summed E-state index contributed by atoms with van der Waals surface area (Å²) in [5.41, 5.74) is 0. The summed E-state index contributed by atoms with van der Waals surface area (Å²) >= 11 is 5.46. The van der Waals surface area contributed by atoms with Crippen LogP contribution in [0.2, 0.25) is 0 Å². The van der Waals surface area contributed by atoms with Gasteiger partial charge < -0.3 is 0 Å². The van der Waals surface area contributed by atoms with Gasteiger partial charge in [-0.05, 0) is 19.3 Å². The molecule has 0 saturated heterocycles. The van der Waals surface area contributed by atoms with E-state index in [1.165, 1.54) is 0 Å². The molecule has 0 bridgehead atoms. The number of alkyl halides is 1. The minimum Gasteiger partial charge on any atom is -0.211 e. The molecule has 0 aromatic heterocycles. The van der Waals surface area contributed by atoms with Crippen LogP contribution >= 0.6 is 11.6 Å². The number of carbonyl (C=O) groups excluding carboxylic acids is 1. The lowest BCUT2D eigenvalue weighted by Crippen LogP contribution is -2.01. The van der Waals surface area contributed by atoms with Crippen molar-refractivity contribution in [3.05, 3.63) is 0 Å². The average Bonchev–Trinajstić information content (AvgIpc) is 1.98. The smallest absolute Gasteiger partial charge is 0.211 e. The van der Waals surface area contributed by atoms with Crippen LogP contribution in [0.3, 0.4) is 0 Å². The first-order valence-electron chi connectivity index (χ1n) is 3.48. The van der Waals surface area contributed by atoms with Gasteiger partial charge in [0.15, 0.2) is 0 Å². The van der Waals surface area contributed by atoms with Crippen molar-refractivity contribution in [2.45, 2.75) is 32.2 Å². The second-order valence-electron chi connectivity index (χ2n) is 2.11. The molecule has 3 heteroatoms. The van der Waals surface area contributed by atoms with Crippen LogP contribution in [0.1, 0.15) is 26.2 Å². The predicted molar refractivity (Wildman–Crippen MR) is 42.2 cm³/mol. The van der Waals surface area contributed by atoms with Gasteiger partial charge >= 0.3 is 0 Å². The highest BCUT2D eigenvalue weighted by Crippen LogP contribution is 2.05. The monoisotopic (exact) mass is 161 g/mol. The van der Waals surface area contributed by atoms with E-state index in [1.54, 1.807) is 6.08 Å². The Morgan fingerprint density at radius 3 is 2.80 bits per heavy atom. The molecule has 0 N–H and O–H groups in total. The van der Waals surface area contributed by atoms with Crippen molar-refractivity contribution in [1.82, 2.24) is 0 Å². The first kappa shape index (κ1) is 9.67. The molecule has 0 aromatic carbocycles. The fourth-order valence-electron chi connectivity index (χ4n) is 0.747. The van der Waals surface area contributed by atoms with Gasteiger partial charge in [0.2, 0.25) is 6.08 Å². The van der Waals surface area contributed by atoms with Crippen molar-refractivity contribution in [1.29, 1.82) is 0 Å². The van der Waals surface area contributed by atoms with E-state index in [0.717, 1.165) is 19.3 Å². The molecule has 0 aliphatic rings. The highest BCUT2D eigenvalue weighted by molar-refractivity contribution is 6.17. The fraction of sp³-hybridized carbons (Fsp3) is 0.857. The van der Waals surface area contributed by atoms with Gasteiger partial charge in [-0.2, -0.15) is 0 Å². The molecule has 1 atom stereocenters. The third kappa shape index (κ3) is 4.54. The zero-order chi connectivity index (χ0) is 7.82. The van der Waals surface area contributed by atoms with E-state index in [4.69, 9.17) is 11.6 Å². The molecule has 0 aromatic rings. The molecular weight excluding hydrogens is 150 g/mol. The van der Waals surface area contributed by atoms with Gasteiger partial charge in [0, 0.05) is 5.88 Å². The van der Waals surface area contributed by atoms with Crippen LogP contribution in [0.15, 0.2) is 4.99 Å². The van der Waals surface area contributed by atoms with Gasteiger partial charge in [-0.1, -0.05) is 6.92 Å². The number of isocyanates is 1. The van der Waals surface area contributed by atoms with Gasteiger partial charge in [0.1, 0.15) is 0 Å². The van der Waals surface area contributed by atoms with Gasteiger partial charge in [-0.25, -0.2) is 9.79 Å². The molecule has 0 aliphatic heterocycles. The number of rotatable bonds is 5. The van der Waals surface area contributed by atoms with Crippen LogP contribution in [0.5, 0.6) is 0 Å². The second-order valence-corrected chi connectivity index (χ2v) is 2.49. The summed E-state index contributed by atoms with van der Waals surface area (Å²) < 4.78 is 0. The van der Waals surface area contributed by atoms with Crippen molar-refractivity contribution in [2.75, 3.05) is 5.88 Å². The molecule has 10 heavy (non-hydrogen) atoms. The molecule has 0 spiro atoms. The van der Waals surface area contributed by atoms with Crippen molar-refractivity contribution in [2.24, 2.45) is 4.99 Å². The molecule has 0 fully saturated rings. The first-order chi connectivity index (χ1) is 4.85. The van der Waals surface area contributed by atoms with Gasteiger partial charge in [0.05, 0.1) is 6.04 Å². The molecular formula is C7H12ClNO. The quantitative estimate of drug-likeness (QED) is 0.345. The zero-order valence-electron chi connectivity index (χ0n) is 6.14. The third-order valence-corrected chi connectivity index (χ3v) is 1.64. The summed E-state index contributed by atoms with van der Waals surface area (Å²) in [6.07, 6.45) is 4.27. The largest absolute Gasteiger partial charge is 0.235 e. The topological polar surface area (TPSA) is 29.4 Å². The summed E-state index contributed by atoms with van der Waals surface area (Å²) in [7, 11) is 0. The molecule has 0 rings (SSSR count). The van der Waals surface area contributed by atoms with Crippen molar-refractivity contribution in [3.63, 3.8) is 0 Å². The van der Waals surface area contributed by atoms with E-state index in [-0.39, 0.29) is 6.04 Å². The molecule has 0 radical (unpaired) electrons. The number of hydrogen-bond acceptors (Lipinski definition) is 2. The fourth-order valence-corrected chi connectivity index (χ4v) is 0.902. The number of hydrogen-bond donors (Lipinski definition) is 0. The normalized spacial score (nSPS) is 12.2. The van der Waals surface area contributed by atoms with E-state index < -0.39 is 0 Å². The van der Waals surface area contributed by atoms with Crippen molar-refractivity contribution in [3.8, 4) is 0 Å². The third-order valence-electron chi connectivity index (χ3n) is 1.38. The molecule has 1 unspecified atom stereocenters. The highest BCUT2D eigenvalue weighted by Gasteiger charge is 2.01. The number of nitrogens with zero attached hydrogens (tertiary/aromatic N) is 1. The zero-order valence-corrected chi connectivity index (χ0v) is 6.90. The average molecular weight is 162 g/mol. The SMILES string of the molecule is CCC(CCCCl)N=C=O. The van der Waals surface area contributed by atoms with Crippen molar-refractivity contribution >= 4 is 17.7 Å². The summed E-state index contributed by atoms with van der Waals surface area (Å²) in [5.74, 6) is 0.644. The summed E-state index contributed by atoms with van der Waals surface area (Å²) in [6, 6.07) is 0.135. The lowest BCUT2D eigenvalue weighted by Gasteiger charge is -2.03. The van der Waals surface area contributed by atoms with Crippen LogP contribution in [0.4, 0.5) is 0 Å². The van der Waals surface area contributed by atoms with Gasteiger partial charge in [0.25, 0.3) is 0 Å². The summed E-state index contributed by atoms with van der Waals surface area (Å²) in [5, 5.41) is 0. The standard InChI is InChI=1S/C7H12ClNO/c1-2-7(9-6-10)4-3-5-8/h7H,2-5H2,1H3. The van der Waals surface area contributed by atoms with Crippen LogP contribution in [0, 0.1) is 0 Å². The van der Waals surface area contributed by atoms with Crippen LogP contribution in [-0.4, -0.2) is 18.0 Å². The molecule has 2 nitrogen and oxygen atoms in total. The molecule has 58 valence electrons. The number of aliphatic imine (C=N–C) groups is 1. The van der Waals surface area contributed by atoms with E-state index in [9.17, 15) is 4.79 Å². The van der Waals surface area contributed by atoms with Crippen LogP contribution in [-0.2, 0) is 4.79 Å². The van der Waals surface area contributed by atoms with Crippen molar-refractivity contribution < 1.29 is 4.79 Å². The van der Waals surface area contributed by atoms with Gasteiger partial charge in [-0.15, -0.1) is 11.6 Å². The molecule has 0 amide bonds. The van der Waals surface area contributed by atoms with E-state index in [0.29, 0.717) is 5.88 Å². The minimum absolute atomic E-state index is 0.135. The predicted octanol–water partition coefficient (Wildman–Crippen LogP) is 2.12. The lowest BCUT2D eigenvalue weighted by molar-refractivity contribution is 0.542. The van der Waals surface area contributed by atoms with Crippen LogP contribution < -0.4 is 0 Å². The Balaban J connectivity index is 3.49. The van der Waals surface area contributed by atoms with E-state index in [1.807, 2.05) is 6.92 Å². The van der Waals surface area contributed by atoms with Gasteiger partial charge in [-0.3, -0.25) is 0 Å². The maximum atomic E-state index is 9.81. The first-order valence-corrected chi connectivity index (χ1v) is 4.01. The maximum Gasteiger partial charge on any atom is 0.235 e. The second kappa shape index (κ2) is 6.79. The Hall–Kier alpha value is -0.330.